The molecule has 0 saturated carbocycles. The maximum atomic E-state index is 13.0. The first-order valence-electron chi connectivity index (χ1n) is 11.6. The molecule has 3 aromatic carbocycles. The van der Waals surface area contributed by atoms with Crippen molar-refractivity contribution in [2.24, 2.45) is 0 Å². The van der Waals surface area contributed by atoms with Gasteiger partial charge in [0.25, 0.3) is 5.91 Å². The number of amides is 1. The zero-order chi connectivity index (χ0) is 22.2. The molecule has 0 atom stereocenters. The van der Waals surface area contributed by atoms with E-state index in [1.54, 1.807) is 11.5 Å². The van der Waals surface area contributed by atoms with Gasteiger partial charge in [-0.1, -0.05) is 48.5 Å². The highest BCUT2D eigenvalue weighted by Crippen LogP contribution is 2.32. The van der Waals surface area contributed by atoms with Gasteiger partial charge in [0.05, 0.1) is 11.2 Å². The molecule has 1 amide bonds. The predicted octanol–water partition coefficient (Wildman–Crippen LogP) is 4.82. The summed E-state index contributed by atoms with van der Waals surface area (Å²) in [6.07, 6.45) is 0.940. The minimum absolute atomic E-state index is 0.113. The summed E-state index contributed by atoms with van der Waals surface area (Å²) in [5, 5.41) is 1.26. The maximum absolute atomic E-state index is 13.0. The van der Waals surface area contributed by atoms with Crippen molar-refractivity contribution in [2.75, 3.05) is 42.5 Å². The van der Waals surface area contributed by atoms with Crippen LogP contribution in [-0.2, 0) is 13.0 Å². The summed E-state index contributed by atoms with van der Waals surface area (Å²) in [5.41, 5.74) is 4.24. The molecule has 1 fully saturated rings. The highest BCUT2D eigenvalue weighted by Gasteiger charge is 2.29. The molecule has 0 aliphatic carbocycles. The summed E-state index contributed by atoms with van der Waals surface area (Å²) in [4.78, 5) is 19.9. The quantitative estimate of drug-likeness (QED) is 0.433. The number of hydrogen-bond acceptors (Lipinski definition) is 5. The molecule has 1 saturated heterocycles. The largest absolute Gasteiger partial charge is 0.353 e. The van der Waals surface area contributed by atoms with E-state index in [4.69, 9.17) is 4.37 Å². The molecule has 0 spiro atoms. The molecule has 0 N–H and O–H groups in total. The molecule has 2 aliphatic heterocycles. The van der Waals surface area contributed by atoms with E-state index >= 15 is 0 Å². The number of carbonyl (C=O) groups is 1. The summed E-state index contributed by atoms with van der Waals surface area (Å²) >= 11 is 1.59. The van der Waals surface area contributed by atoms with Gasteiger partial charge < -0.3 is 9.80 Å². The van der Waals surface area contributed by atoms with Crippen LogP contribution in [0, 0.1) is 0 Å². The number of fused-ring (bicyclic) bond motifs is 2. The zero-order valence-corrected chi connectivity index (χ0v) is 19.3. The van der Waals surface area contributed by atoms with Gasteiger partial charge in [0, 0.05) is 49.4 Å². The minimum Gasteiger partial charge on any atom is -0.353 e. The van der Waals surface area contributed by atoms with Gasteiger partial charge in [-0.05, 0) is 53.3 Å². The average Bonchev–Trinajstić information content (AvgIpc) is 3.45. The topological polar surface area (TPSA) is 39.7 Å². The Bertz CT molecular complexity index is 1310. The fourth-order valence-electron chi connectivity index (χ4n) is 5.00. The molecule has 1 aromatic heterocycles. The maximum Gasteiger partial charge on any atom is 0.258 e. The summed E-state index contributed by atoms with van der Waals surface area (Å²) < 4.78 is 5.98. The monoisotopic (exact) mass is 454 g/mol. The number of anilines is 2. The van der Waals surface area contributed by atoms with Gasteiger partial charge in [-0.3, -0.25) is 9.69 Å². The van der Waals surface area contributed by atoms with Gasteiger partial charge in [-0.25, -0.2) is 0 Å². The van der Waals surface area contributed by atoms with E-state index in [-0.39, 0.29) is 5.91 Å². The van der Waals surface area contributed by atoms with Gasteiger partial charge in [-0.15, -0.1) is 0 Å². The summed E-state index contributed by atoms with van der Waals surface area (Å²) in [5.74, 6) is 1.25. The van der Waals surface area contributed by atoms with Crippen molar-refractivity contribution in [1.29, 1.82) is 0 Å². The smallest absolute Gasteiger partial charge is 0.258 e. The average molecular weight is 455 g/mol. The molecule has 166 valence electrons. The third kappa shape index (κ3) is 3.79. The van der Waals surface area contributed by atoms with Crippen LogP contribution in [0.5, 0.6) is 0 Å². The lowest BCUT2D eigenvalue weighted by Crippen LogP contribution is -2.47. The lowest BCUT2D eigenvalue weighted by Gasteiger charge is -2.35. The van der Waals surface area contributed by atoms with E-state index in [1.807, 2.05) is 29.2 Å². The Morgan fingerprint density at radius 3 is 2.48 bits per heavy atom. The number of para-hydroxylation sites is 1. The van der Waals surface area contributed by atoms with Crippen molar-refractivity contribution in [1.82, 2.24) is 9.27 Å². The number of carbonyl (C=O) groups excluding carboxylic acids is 1. The Hall–Kier alpha value is -3.22. The number of nitrogens with zero attached hydrogens (tertiary/aromatic N) is 4. The van der Waals surface area contributed by atoms with Gasteiger partial charge >= 0.3 is 0 Å². The second-order valence-corrected chi connectivity index (χ2v) is 9.56. The van der Waals surface area contributed by atoms with E-state index in [0.717, 1.165) is 61.8 Å². The normalized spacial score (nSPS) is 16.5. The van der Waals surface area contributed by atoms with Gasteiger partial charge in [0.2, 0.25) is 0 Å². The van der Waals surface area contributed by atoms with Crippen LogP contribution in [0.3, 0.4) is 0 Å². The Morgan fingerprint density at radius 2 is 1.61 bits per heavy atom. The lowest BCUT2D eigenvalue weighted by molar-refractivity contribution is 0.0996. The van der Waals surface area contributed by atoms with E-state index in [0.29, 0.717) is 6.54 Å². The first kappa shape index (κ1) is 20.4. The number of hydrogen-bond donors (Lipinski definition) is 0. The Labute approximate surface area is 198 Å². The first-order valence-corrected chi connectivity index (χ1v) is 12.3. The van der Waals surface area contributed by atoms with Crippen LogP contribution in [0.15, 0.2) is 72.8 Å². The molecule has 3 heterocycles. The van der Waals surface area contributed by atoms with Crippen LogP contribution in [0.4, 0.5) is 11.5 Å². The molecule has 4 aromatic rings. The van der Waals surface area contributed by atoms with Crippen molar-refractivity contribution in [3.63, 3.8) is 0 Å². The van der Waals surface area contributed by atoms with E-state index in [9.17, 15) is 4.79 Å². The van der Waals surface area contributed by atoms with Crippen molar-refractivity contribution >= 4 is 39.0 Å². The molecular formula is C27H26N4OS. The van der Waals surface area contributed by atoms with Crippen molar-refractivity contribution in [3.8, 4) is 0 Å². The molecule has 0 radical (unpaired) electrons. The van der Waals surface area contributed by atoms with Crippen LogP contribution in [0.1, 0.15) is 21.5 Å². The number of rotatable bonds is 5. The molecule has 0 unspecified atom stereocenters. The first-order chi connectivity index (χ1) is 16.3. The molecule has 2 aliphatic rings. The fourth-order valence-corrected chi connectivity index (χ4v) is 5.79. The van der Waals surface area contributed by atoms with Crippen molar-refractivity contribution < 1.29 is 4.79 Å². The van der Waals surface area contributed by atoms with E-state index in [2.05, 4.69) is 58.3 Å². The van der Waals surface area contributed by atoms with E-state index < -0.39 is 0 Å². The van der Waals surface area contributed by atoms with Crippen LogP contribution in [0.2, 0.25) is 0 Å². The number of aromatic nitrogens is 1. The summed E-state index contributed by atoms with van der Waals surface area (Å²) in [6.45, 7) is 5.71. The fraction of sp³-hybridized carbons (Fsp3) is 0.259. The molecular weight excluding hydrogens is 428 g/mol. The highest BCUT2D eigenvalue weighted by atomic mass is 32.1. The lowest BCUT2D eigenvalue weighted by atomic mass is 10.1. The summed E-state index contributed by atoms with van der Waals surface area (Å²) in [7, 11) is 0. The second kappa shape index (κ2) is 8.61. The van der Waals surface area contributed by atoms with E-state index in [1.165, 1.54) is 15.6 Å². The third-order valence-electron chi connectivity index (χ3n) is 6.83. The van der Waals surface area contributed by atoms with Crippen molar-refractivity contribution in [2.45, 2.75) is 13.0 Å². The van der Waals surface area contributed by atoms with Crippen molar-refractivity contribution in [3.05, 3.63) is 89.5 Å². The molecule has 33 heavy (non-hydrogen) atoms. The van der Waals surface area contributed by atoms with Crippen LogP contribution in [-0.4, -0.2) is 47.9 Å². The van der Waals surface area contributed by atoms with Crippen LogP contribution in [0.25, 0.3) is 10.1 Å². The second-order valence-electron chi connectivity index (χ2n) is 8.76. The molecule has 5 nitrogen and oxygen atoms in total. The van der Waals surface area contributed by atoms with Crippen LogP contribution >= 0.6 is 11.5 Å². The molecule has 0 bridgehead atoms. The summed E-state index contributed by atoms with van der Waals surface area (Å²) in [6, 6.07) is 24.8. The van der Waals surface area contributed by atoms with Gasteiger partial charge in [0.1, 0.15) is 5.82 Å². The SMILES string of the molecule is O=C1c2ccccc2CN1c1ccccc1CCN1CCN(c2nsc3ccccc23)CC1. The standard InChI is InChI=1S/C27H26N4OS/c32-27-22-9-3-1-8-21(22)19-31(27)24-11-5-2-7-20(24)13-14-29-15-17-30(18-16-29)26-23-10-4-6-12-25(23)33-28-26/h1-12H,13-19H2. The Morgan fingerprint density at radius 1 is 0.848 bits per heavy atom. The molecule has 6 heteroatoms. The zero-order valence-electron chi connectivity index (χ0n) is 18.5. The molecule has 6 rings (SSSR count). The number of piperazine rings is 1. The predicted molar refractivity (Wildman–Crippen MR) is 135 cm³/mol. The number of benzene rings is 3. The van der Waals surface area contributed by atoms with Gasteiger partial charge in [-0.2, -0.15) is 4.37 Å². The third-order valence-corrected chi connectivity index (χ3v) is 7.65. The highest BCUT2D eigenvalue weighted by molar-refractivity contribution is 7.13. The Balaban J connectivity index is 1.11. The van der Waals surface area contributed by atoms with Gasteiger partial charge in [0.15, 0.2) is 0 Å². The Kier molecular flexibility index (Phi) is 5.32. The minimum atomic E-state index is 0.113. The van der Waals surface area contributed by atoms with Crippen LogP contribution < -0.4 is 9.80 Å².